The second kappa shape index (κ2) is 8.81. The molecule has 0 saturated heterocycles. The summed E-state index contributed by atoms with van der Waals surface area (Å²) in [5.41, 5.74) is 0.00144. The van der Waals surface area contributed by atoms with Gasteiger partial charge in [0, 0.05) is 11.5 Å². The van der Waals surface area contributed by atoms with Crippen LogP contribution in [-0.2, 0) is 10.1 Å². The molecule has 0 atom stereocenters. The molecule has 0 aliphatic rings. The molecule has 0 aliphatic carbocycles. The monoisotopic (exact) mass is 394 g/mol. The van der Waals surface area contributed by atoms with Crippen molar-refractivity contribution in [3.63, 3.8) is 0 Å². The zero-order valence-corrected chi connectivity index (χ0v) is 17.6. The van der Waals surface area contributed by atoms with Crippen LogP contribution in [0.3, 0.4) is 0 Å². The first-order valence-electron chi connectivity index (χ1n) is 7.75. The van der Waals surface area contributed by atoms with E-state index < -0.39 is 15.0 Å². The minimum absolute atomic E-state index is 0. The van der Waals surface area contributed by atoms with Gasteiger partial charge in [-0.1, -0.05) is 42.1 Å². The van der Waals surface area contributed by atoms with Gasteiger partial charge in [0.2, 0.25) is 0 Å². The molecule has 3 aromatic carbocycles. The summed E-state index contributed by atoms with van der Waals surface area (Å²) in [4.78, 5) is -0.445. The fourth-order valence-corrected chi connectivity index (χ4v) is 3.12. The predicted octanol–water partition coefficient (Wildman–Crippen LogP) is 0.978. The van der Waals surface area contributed by atoms with Gasteiger partial charge in [-0.25, -0.2) is 0 Å². The van der Waals surface area contributed by atoms with Gasteiger partial charge in [-0.3, -0.25) is 4.55 Å². The fourth-order valence-electron chi connectivity index (χ4n) is 2.48. The Hall–Kier alpha value is -1.97. The summed E-state index contributed by atoms with van der Waals surface area (Å²) in [5, 5.41) is 21.4. The zero-order chi connectivity index (χ0) is 18.7. The van der Waals surface area contributed by atoms with Gasteiger partial charge in [-0.2, -0.15) is 13.5 Å². The van der Waals surface area contributed by atoms with E-state index in [1.807, 2.05) is 12.1 Å². The number of ether oxygens (including phenoxy) is 1. The summed E-state index contributed by atoms with van der Waals surface area (Å²) in [6, 6.07) is 14.2. The molecule has 9 heteroatoms. The van der Waals surface area contributed by atoms with Crippen LogP contribution in [0.15, 0.2) is 69.7 Å². The van der Waals surface area contributed by atoms with Crippen molar-refractivity contribution in [3.8, 4) is 11.5 Å². The van der Waals surface area contributed by atoms with E-state index >= 15 is 0 Å². The van der Waals surface area contributed by atoms with E-state index in [-0.39, 0.29) is 52.4 Å². The van der Waals surface area contributed by atoms with Crippen molar-refractivity contribution in [2.45, 2.75) is 11.8 Å². The quantitative estimate of drug-likeness (QED) is 0.394. The minimum Gasteiger partial charge on any atom is -0.871 e. The molecule has 3 rings (SSSR count). The summed E-state index contributed by atoms with van der Waals surface area (Å²) in [6.45, 7) is 2.08. The number of fused-ring (bicyclic) bond motifs is 1. The molecule has 1 N–H and O–H groups in total. The molecular formula is C18H15N2NaO5S. The van der Waals surface area contributed by atoms with E-state index in [9.17, 15) is 18.1 Å². The maximum Gasteiger partial charge on any atom is 1.00 e. The van der Waals surface area contributed by atoms with Crippen molar-refractivity contribution < 1.29 is 52.4 Å². The second-order valence-electron chi connectivity index (χ2n) is 5.37. The van der Waals surface area contributed by atoms with Gasteiger partial charge in [0.1, 0.15) is 16.3 Å². The summed E-state index contributed by atoms with van der Waals surface area (Å²) < 4.78 is 38.0. The number of hydrogen-bond acceptors (Lipinski definition) is 6. The molecular weight excluding hydrogens is 379 g/mol. The molecule has 27 heavy (non-hydrogen) atoms. The standard InChI is InChI=1S/C18H16N2O5S.Na/c1-2-25-13-8-9-15(17(11-13)26(22,23)24)19-20-18-14-6-4-3-5-12(14)7-10-16(18)21;/h3-11,21H,2H2,1H3,(H,22,23,24);/q;+1/p-1. The minimum atomic E-state index is -4.54. The molecule has 0 radical (unpaired) electrons. The maximum atomic E-state index is 12.1. The average Bonchev–Trinajstić information content (AvgIpc) is 2.61. The van der Waals surface area contributed by atoms with Crippen LogP contribution in [0.5, 0.6) is 11.5 Å². The van der Waals surface area contributed by atoms with Crippen LogP contribution < -0.4 is 39.4 Å². The SMILES string of the molecule is CCOc1ccc(N=Nc2c([O-])ccc3ccccc23)c(S(=O)(=O)O)c1.[Na+]. The van der Waals surface area contributed by atoms with Gasteiger partial charge < -0.3 is 9.84 Å². The Labute approximate surface area is 178 Å². The van der Waals surface area contributed by atoms with Crippen LogP contribution in [0.2, 0.25) is 0 Å². The molecule has 0 unspecified atom stereocenters. The number of nitrogens with zero attached hydrogens (tertiary/aromatic N) is 2. The Morgan fingerprint density at radius 1 is 1.07 bits per heavy atom. The van der Waals surface area contributed by atoms with Gasteiger partial charge in [-0.15, -0.1) is 5.11 Å². The van der Waals surface area contributed by atoms with Gasteiger partial charge >= 0.3 is 29.6 Å². The molecule has 0 fully saturated rings. The van der Waals surface area contributed by atoms with Crippen molar-refractivity contribution in [2.24, 2.45) is 10.2 Å². The number of rotatable bonds is 5. The van der Waals surface area contributed by atoms with E-state index in [4.69, 9.17) is 4.74 Å². The first kappa shape index (κ1) is 21.3. The molecule has 0 spiro atoms. The summed E-state index contributed by atoms with van der Waals surface area (Å²) >= 11 is 0. The second-order valence-corrected chi connectivity index (χ2v) is 6.76. The van der Waals surface area contributed by atoms with Crippen molar-refractivity contribution in [3.05, 3.63) is 54.6 Å². The van der Waals surface area contributed by atoms with Crippen LogP contribution in [-0.4, -0.2) is 19.6 Å². The largest absolute Gasteiger partial charge is 1.00 e. The van der Waals surface area contributed by atoms with Crippen molar-refractivity contribution in [1.82, 2.24) is 0 Å². The Morgan fingerprint density at radius 3 is 2.52 bits per heavy atom. The summed E-state index contributed by atoms with van der Waals surface area (Å²) in [5.74, 6) is -0.0689. The first-order chi connectivity index (χ1) is 12.4. The first-order valence-corrected chi connectivity index (χ1v) is 9.19. The third-order valence-electron chi connectivity index (χ3n) is 3.64. The van der Waals surface area contributed by atoms with E-state index in [1.54, 1.807) is 25.1 Å². The Balaban J connectivity index is 0.00000261. The van der Waals surface area contributed by atoms with Gasteiger partial charge in [0.05, 0.1) is 12.3 Å². The van der Waals surface area contributed by atoms with E-state index in [0.717, 1.165) is 11.5 Å². The predicted molar refractivity (Wildman–Crippen MR) is 95.0 cm³/mol. The van der Waals surface area contributed by atoms with Crippen molar-refractivity contribution in [2.75, 3.05) is 6.61 Å². The molecule has 0 aliphatic heterocycles. The summed E-state index contributed by atoms with van der Waals surface area (Å²) in [7, 11) is -4.54. The van der Waals surface area contributed by atoms with Crippen LogP contribution in [0, 0.1) is 0 Å². The van der Waals surface area contributed by atoms with Crippen molar-refractivity contribution in [1.29, 1.82) is 0 Å². The molecule has 0 heterocycles. The Kier molecular flexibility index (Phi) is 6.96. The third kappa shape index (κ3) is 4.85. The third-order valence-corrected chi connectivity index (χ3v) is 4.52. The average molecular weight is 394 g/mol. The Morgan fingerprint density at radius 2 is 1.81 bits per heavy atom. The zero-order valence-electron chi connectivity index (χ0n) is 14.8. The molecule has 3 aromatic rings. The van der Waals surface area contributed by atoms with Crippen LogP contribution in [0.4, 0.5) is 11.4 Å². The summed E-state index contributed by atoms with van der Waals surface area (Å²) in [6.07, 6.45) is 0. The fraction of sp³-hybridized carbons (Fsp3) is 0.111. The topological polar surface area (TPSA) is 111 Å². The van der Waals surface area contributed by atoms with Gasteiger partial charge in [0.15, 0.2) is 0 Å². The van der Waals surface area contributed by atoms with E-state index in [0.29, 0.717) is 12.0 Å². The van der Waals surface area contributed by atoms with Gasteiger partial charge in [0.25, 0.3) is 10.1 Å². The van der Waals surface area contributed by atoms with Crippen molar-refractivity contribution >= 4 is 32.3 Å². The van der Waals surface area contributed by atoms with Crippen LogP contribution in [0.1, 0.15) is 6.92 Å². The number of azo groups is 1. The number of hydrogen-bond donors (Lipinski definition) is 1. The van der Waals surface area contributed by atoms with Crippen LogP contribution in [0.25, 0.3) is 10.8 Å². The smallest absolute Gasteiger partial charge is 0.871 e. The van der Waals surface area contributed by atoms with E-state index in [1.165, 1.54) is 18.2 Å². The molecule has 0 saturated carbocycles. The molecule has 7 nitrogen and oxygen atoms in total. The molecule has 134 valence electrons. The molecule has 0 bridgehead atoms. The van der Waals surface area contributed by atoms with Crippen LogP contribution >= 0.6 is 0 Å². The Bertz CT molecular complexity index is 1100. The normalized spacial score (nSPS) is 11.5. The number of benzene rings is 3. The molecule has 0 amide bonds. The van der Waals surface area contributed by atoms with Gasteiger partial charge in [-0.05, 0) is 24.4 Å². The van der Waals surface area contributed by atoms with E-state index in [2.05, 4.69) is 10.2 Å². The maximum absolute atomic E-state index is 12.1. The molecule has 0 aromatic heterocycles.